The summed E-state index contributed by atoms with van der Waals surface area (Å²) in [6.07, 6.45) is 2.01. The van der Waals surface area contributed by atoms with Crippen molar-refractivity contribution < 1.29 is 4.92 Å². The Balaban J connectivity index is 2.04. The van der Waals surface area contributed by atoms with Gasteiger partial charge in [0.1, 0.15) is 12.0 Å². The van der Waals surface area contributed by atoms with Crippen LogP contribution in [0.15, 0.2) is 42.6 Å². The van der Waals surface area contributed by atoms with Crippen molar-refractivity contribution >= 4 is 23.1 Å². The van der Waals surface area contributed by atoms with E-state index < -0.39 is 4.92 Å². The van der Waals surface area contributed by atoms with Crippen LogP contribution in [0.5, 0.6) is 0 Å². The molecule has 2 aromatic rings. The van der Waals surface area contributed by atoms with Crippen molar-refractivity contribution in [2.24, 2.45) is 0 Å². The van der Waals surface area contributed by atoms with Gasteiger partial charge in [0, 0.05) is 12.1 Å². The number of nitro groups is 1. The van der Waals surface area contributed by atoms with Gasteiger partial charge in [-0.1, -0.05) is 41.9 Å². The lowest BCUT2D eigenvalue weighted by Gasteiger charge is -2.15. The van der Waals surface area contributed by atoms with E-state index in [4.69, 9.17) is 11.6 Å². The largest absolute Gasteiger partial charge is 0.366 e. The van der Waals surface area contributed by atoms with Gasteiger partial charge in [-0.05, 0) is 18.9 Å². The van der Waals surface area contributed by atoms with Crippen LogP contribution in [0.1, 0.15) is 12.5 Å². The predicted octanol–water partition coefficient (Wildman–Crippen LogP) is 3.69. The third kappa shape index (κ3) is 3.68. The van der Waals surface area contributed by atoms with E-state index in [1.54, 1.807) is 0 Å². The molecule has 0 fully saturated rings. The Kier molecular flexibility index (Phi) is 4.53. The smallest absolute Gasteiger partial charge is 0.289 e. The lowest BCUT2D eigenvalue weighted by molar-refractivity contribution is -0.385. The summed E-state index contributed by atoms with van der Waals surface area (Å²) >= 11 is 5.99. The van der Waals surface area contributed by atoms with Crippen molar-refractivity contribution in [1.82, 2.24) is 4.98 Å². The van der Waals surface area contributed by atoms with Crippen LogP contribution in [-0.2, 0) is 6.42 Å². The summed E-state index contributed by atoms with van der Waals surface area (Å²) in [5.41, 5.74) is 1.08. The van der Waals surface area contributed by atoms with Crippen LogP contribution in [-0.4, -0.2) is 15.9 Å². The second kappa shape index (κ2) is 6.34. The first-order valence-electron chi connectivity index (χ1n) is 6.16. The number of nitrogens with one attached hydrogen (secondary N) is 1. The molecule has 1 aromatic heterocycles. The first-order valence-corrected chi connectivity index (χ1v) is 6.54. The van der Waals surface area contributed by atoms with E-state index in [0.29, 0.717) is 5.82 Å². The van der Waals surface area contributed by atoms with E-state index in [1.807, 2.05) is 37.3 Å². The molecule has 0 aliphatic rings. The molecule has 1 N–H and O–H groups in total. The van der Waals surface area contributed by atoms with Crippen LogP contribution in [0, 0.1) is 10.1 Å². The van der Waals surface area contributed by atoms with Gasteiger partial charge in [0.15, 0.2) is 0 Å². The third-order valence-electron chi connectivity index (χ3n) is 2.81. The van der Waals surface area contributed by atoms with Gasteiger partial charge in [-0.3, -0.25) is 10.1 Å². The lowest BCUT2D eigenvalue weighted by Crippen LogP contribution is -2.19. The molecule has 5 nitrogen and oxygen atoms in total. The number of rotatable bonds is 5. The zero-order valence-corrected chi connectivity index (χ0v) is 11.7. The second-order valence-corrected chi connectivity index (χ2v) is 4.92. The van der Waals surface area contributed by atoms with Crippen LogP contribution < -0.4 is 5.32 Å². The van der Waals surface area contributed by atoms with Crippen LogP contribution in [0.4, 0.5) is 11.5 Å². The summed E-state index contributed by atoms with van der Waals surface area (Å²) in [6, 6.07) is 11.4. The normalized spacial score (nSPS) is 11.9. The van der Waals surface area contributed by atoms with E-state index in [1.165, 1.54) is 17.8 Å². The number of pyridine rings is 1. The summed E-state index contributed by atoms with van der Waals surface area (Å²) in [5.74, 6) is 0.459. The fourth-order valence-corrected chi connectivity index (χ4v) is 2.10. The van der Waals surface area contributed by atoms with Gasteiger partial charge in [0.25, 0.3) is 5.69 Å². The molecule has 104 valence electrons. The van der Waals surface area contributed by atoms with E-state index in [-0.39, 0.29) is 16.8 Å². The number of hydrogen-bond acceptors (Lipinski definition) is 4. The van der Waals surface area contributed by atoms with Gasteiger partial charge in [-0.2, -0.15) is 0 Å². The van der Waals surface area contributed by atoms with Crippen LogP contribution in [0.3, 0.4) is 0 Å². The van der Waals surface area contributed by atoms with Gasteiger partial charge < -0.3 is 5.32 Å². The minimum absolute atomic E-state index is 0.115. The SMILES string of the molecule is CC(Cc1ccccc1)Nc1ncc([N+](=O)[O-])cc1Cl. The monoisotopic (exact) mass is 291 g/mol. The minimum Gasteiger partial charge on any atom is -0.366 e. The first-order chi connectivity index (χ1) is 9.56. The van der Waals surface area contributed by atoms with Crippen LogP contribution >= 0.6 is 11.6 Å². The number of hydrogen-bond donors (Lipinski definition) is 1. The Morgan fingerprint density at radius 3 is 2.70 bits per heavy atom. The zero-order valence-electron chi connectivity index (χ0n) is 10.9. The Hall–Kier alpha value is -2.14. The number of benzene rings is 1. The maximum absolute atomic E-state index is 10.6. The van der Waals surface area contributed by atoms with E-state index in [0.717, 1.165) is 6.42 Å². The summed E-state index contributed by atoms with van der Waals surface area (Å²) in [7, 11) is 0. The molecular formula is C14H14ClN3O2. The molecule has 1 unspecified atom stereocenters. The summed E-state index contributed by atoms with van der Waals surface area (Å²) in [6.45, 7) is 2.01. The molecule has 0 bridgehead atoms. The molecule has 6 heteroatoms. The van der Waals surface area contributed by atoms with Crippen molar-refractivity contribution in [3.05, 3.63) is 63.3 Å². The third-order valence-corrected chi connectivity index (χ3v) is 3.09. The van der Waals surface area contributed by atoms with Gasteiger partial charge in [0.2, 0.25) is 0 Å². The second-order valence-electron chi connectivity index (χ2n) is 4.52. The molecular weight excluding hydrogens is 278 g/mol. The fourth-order valence-electron chi connectivity index (χ4n) is 1.89. The van der Waals surface area contributed by atoms with Crippen molar-refractivity contribution in [1.29, 1.82) is 0 Å². The molecule has 1 aromatic carbocycles. The molecule has 0 aliphatic carbocycles. The molecule has 1 atom stereocenters. The van der Waals surface area contributed by atoms with E-state index in [2.05, 4.69) is 10.3 Å². The molecule has 0 saturated carbocycles. The molecule has 0 radical (unpaired) electrons. The Bertz CT molecular complexity index is 605. The topological polar surface area (TPSA) is 68.1 Å². The Morgan fingerprint density at radius 2 is 2.10 bits per heavy atom. The van der Waals surface area contributed by atoms with Gasteiger partial charge >= 0.3 is 0 Å². The maximum Gasteiger partial charge on any atom is 0.289 e. The van der Waals surface area contributed by atoms with Crippen molar-refractivity contribution in [2.45, 2.75) is 19.4 Å². The van der Waals surface area contributed by atoms with Gasteiger partial charge in [0.05, 0.1) is 9.95 Å². The fraction of sp³-hybridized carbons (Fsp3) is 0.214. The minimum atomic E-state index is -0.518. The van der Waals surface area contributed by atoms with Gasteiger partial charge in [-0.15, -0.1) is 0 Å². The zero-order chi connectivity index (χ0) is 14.5. The quantitative estimate of drug-likeness (QED) is 0.674. The summed E-state index contributed by atoms with van der Waals surface area (Å²) < 4.78 is 0. The molecule has 0 aliphatic heterocycles. The van der Waals surface area contributed by atoms with E-state index in [9.17, 15) is 10.1 Å². The molecule has 1 heterocycles. The Morgan fingerprint density at radius 1 is 1.40 bits per heavy atom. The number of anilines is 1. The Labute approximate surface area is 121 Å². The molecule has 0 amide bonds. The highest BCUT2D eigenvalue weighted by atomic mass is 35.5. The lowest BCUT2D eigenvalue weighted by atomic mass is 10.1. The predicted molar refractivity (Wildman–Crippen MR) is 79.1 cm³/mol. The standard InChI is InChI=1S/C14H14ClN3O2/c1-10(7-11-5-3-2-4-6-11)17-14-13(15)8-12(9-16-14)18(19)20/h2-6,8-10H,7H2,1H3,(H,16,17). The highest BCUT2D eigenvalue weighted by Gasteiger charge is 2.12. The number of halogens is 1. The first kappa shape index (κ1) is 14.3. The van der Waals surface area contributed by atoms with Crippen molar-refractivity contribution in [3.8, 4) is 0 Å². The molecule has 20 heavy (non-hydrogen) atoms. The van der Waals surface area contributed by atoms with E-state index >= 15 is 0 Å². The number of nitrogens with zero attached hydrogens (tertiary/aromatic N) is 2. The molecule has 2 rings (SSSR count). The van der Waals surface area contributed by atoms with Gasteiger partial charge in [-0.25, -0.2) is 4.98 Å². The number of aromatic nitrogens is 1. The highest BCUT2D eigenvalue weighted by Crippen LogP contribution is 2.24. The average molecular weight is 292 g/mol. The molecule has 0 saturated heterocycles. The summed E-state index contributed by atoms with van der Waals surface area (Å²) in [4.78, 5) is 14.1. The maximum atomic E-state index is 10.6. The van der Waals surface area contributed by atoms with Crippen molar-refractivity contribution in [3.63, 3.8) is 0 Å². The highest BCUT2D eigenvalue weighted by molar-refractivity contribution is 6.33. The molecule has 0 spiro atoms. The average Bonchev–Trinajstić information content (AvgIpc) is 2.42. The summed E-state index contributed by atoms with van der Waals surface area (Å²) in [5, 5.41) is 14.0. The van der Waals surface area contributed by atoms with Crippen LogP contribution in [0.25, 0.3) is 0 Å². The van der Waals surface area contributed by atoms with Crippen LogP contribution in [0.2, 0.25) is 5.02 Å². The van der Waals surface area contributed by atoms with Crippen molar-refractivity contribution in [2.75, 3.05) is 5.32 Å².